The number of rotatable bonds is 3. The Labute approximate surface area is 135 Å². The molecule has 0 amide bonds. The molecule has 116 valence electrons. The molecular weight excluding hydrogens is 331 g/mol. The standard InChI is InChI=1S/C14H18Cl2N2O2S/c15-9-11-3-4-13(16)14(8-11)21(19,20)18-7-6-17-5-1-2-12(17)10-18/h3-4,8,12H,1-2,5-7,9-10H2. The lowest BCUT2D eigenvalue weighted by Crippen LogP contribution is -2.51. The van der Waals surface area contributed by atoms with E-state index in [-0.39, 0.29) is 15.8 Å². The molecule has 2 heterocycles. The summed E-state index contributed by atoms with van der Waals surface area (Å²) in [7, 11) is -3.55. The van der Waals surface area contributed by atoms with Crippen molar-refractivity contribution in [3.05, 3.63) is 28.8 Å². The minimum Gasteiger partial charge on any atom is -0.298 e. The summed E-state index contributed by atoms with van der Waals surface area (Å²) in [6, 6.07) is 5.30. The first-order valence-corrected chi connectivity index (χ1v) is 9.46. The summed E-state index contributed by atoms with van der Waals surface area (Å²) in [6.07, 6.45) is 2.22. The molecule has 0 bridgehead atoms. The summed E-state index contributed by atoms with van der Waals surface area (Å²) in [5, 5.41) is 0.262. The zero-order valence-electron chi connectivity index (χ0n) is 11.6. The van der Waals surface area contributed by atoms with Crippen LogP contribution in [0.15, 0.2) is 23.1 Å². The lowest BCUT2D eigenvalue weighted by Gasteiger charge is -2.36. The number of hydrogen-bond donors (Lipinski definition) is 0. The minimum absolute atomic E-state index is 0.175. The molecule has 4 nitrogen and oxygen atoms in total. The van der Waals surface area contributed by atoms with Gasteiger partial charge in [0.15, 0.2) is 0 Å². The molecule has 2 fully saturated rings. The number of nitrogens with zero attached hydrogens (tertiary/aromatic N) is 2. The lowest BCUT2D eigenvalue weighted by molar-refractivity contribution is 0.158. The maximum Gasteiger partial charge on any atom is 0.244 e. The van der Waals surface area contributed by atoms with E-state index in [2.05, 4.69) is 4.90 Å². The quantitative estimate of drug-likeness (QED) is 0.788. The van der Waals surface area contributed by atoms with Crippen LogP contribution in [0.4, 0.5) is 0 Å². The number of fused-ring (bicyclic) bond motifs is 1. The molecule has 21 heavy (non-hydrogen) atoms. The Morgan fingerprint density at radius 1 is 1.24 bits per heavy atom. The fourth-order valence-corrected chi connectivity index (χ4v) is 5.31. The number of sulfonamides is 1. The van der Waals surface area contributed by atoms with Crippen molar-refractivity contribution in [1.82, 2.24) is 9.21 Å². The van der Waals surface area contributed by atoms with Gasteiger partial charge in [-0.1, -0.05) is 17.7 Å². The normalized spacial score (nSPS) is 24.2. The molecule has 0 N–H and O–H groups in total. The first-order chi connectivity index (χ1) is 10.0. The Morgan fingerprint density at radius 3 is 2.81 bits per heavy atom. The summed E-state index contributed by atoms with van der Waals surface area (Å²) in [5.74, 6) is 0.274. The van der Waals surface area contributed by atoms with E-state index >= 15 is 0 Å². The maximum absolute atomic E-state index is 12.8. The molecule has 2 aliphatic rings. The van der Waals surface area contributed by atoms with Gasteiger partial charge in [0, 0.05) is 31.6 Å². The number of hydrogen-bond acceptors (Lipinski definition) is 3. The van der Waals surface area contributed by atoms with Crippen molar-refractivity contribution in [2.75, 3.05) is 26.2 Å². The Kier molecular flexibility index (Phi) is 4.48. The second-order valence-electron chi connectivity index (χ2n) is 5.59. The van der Waals surface area contributed by atoms with E-state index in [1.54, 1.807) is 22.5 Å². The van der Waals surface area contributed by atoms with Crippen LogP contribution in [0.2, 0.25) is 5.02 Å². The van der Waals surface area contributed by atoms with E-state index in [1.165, 1.54) is 0 Å². The SMILES string of the molecule is O=S(=O)(c1cc(CCl)ccc1Cl)N1CCN2CCCC2C1. The molecule has 0 aliphatic carbocycles. The molecule has 1 aromatic carbocycles. The summed E-state index contributed by atoms with van der Waals surface area (Å²) in [4.78, 5) is 2.55. The van der Waals surface area contributed by atoms with Gasteiger partial charge >= 0.3 is 0 Å². The number of piperazine rings is 1. The van der Waals surface area contributed by atoms with E-state index < -0.39 is 10.0 Å². The minimum atomic E-state index is -3.55. The second kappa shape index (κ2) is 6.05. The summed E-state index contributed by atoms with van der Waals surface area (Å²) in [6.45, 7) is 2.97. The highest BCUT2D eigenvalue weighted by Gasteiger charge is 2.36. The van der Waals surface area contributed by atoms with Gasteiger partial charge in [0.2, 0.25) is 10.0 Å². The Bertz CT molecular complexity index is 636. The van der Waals surface area contributed by atoms with Crippen LogP contribution >= 0.6 is 23.2 Å². The average Bonchev–Trinajstić information content (AvgIpc) is 2.95. The van der Waals surface area contributed by atoms with Crippen molar-refractivity contribution in [1.29, 1.82) is 0 Å². The third-order valence-corrected chi connectivity index (χ3v) is 6.97. The van der Waals surface area contributed by atoms with Gasteiger partial charge in [-0.05, 0) is 37.1 Å². The van der Waals surface area contributed by atoms with Gasteiger partial charge in [-0.3, -0.25) is 4.90 Å². The number of alkyl halides is 1. The summed E-state index contributed by atoms with van der Waals surface area (Å²) in [5.41, 5.74) is 0.763. The van der Waals surface area contributed by atoms with E-state index in [4.69, 9.17) is 23.2 Å². The molecule has 0 saturated carbocycles. The predicted octanol–water partition coefficient (Wildman–Crippen LogP) is 2.55. The second-order valence-corrected chi connectivity index (χ2v) is 8.17. The van der Waals surface area contributed by atoms with Gasteiger partial charge in [-0.25, -0.2) is 8.42 Å². The van der Waals surface area contributed by atoms with Crippen LogP contribution in [-0.4, -0.2) is 49.8 Å². The molecule has 1 aromatic rings. The third kappa shape index (κ3) is 2.94. The van der Waals surface area contributed by atoms with Crippen LogP contribution in [0.25, 0.3) is 0 Å². The van der Waals surface area contributed by atoms with Crippen molar-refractivity contribution in [2.45, 2.75) is 29.7 Å². The van der Waals surface area contributed by atoms with Crippen LogP contribution in [0.3, 0.4) is 0 Å². The van der Waals surface area contributed by atoms with Crippen LogP contribution < -0.4 is 0 Å². The van der Waals surface area contributed by atoms with E-state index in [0.717, 1.165) is 31.5 Å². The largest absolute Gasteiger partial charge is 0.298 e. The van der Waals surface area contributed by atoms with Gasteiger partial charge in [-0.2, -0.15) is 4.31 Å². The highest BCUT2D eigenvalue weighted by atomic mass is 35.5. The third-order valence-electron chi connectivity index (χ3n) is 4.32. The van der Waals surface area contributed by atoms with Crippen molar-refractivity contribution < 1.29 is 8.42 Å². The van der Waals surface area contributed by atoms with Crippen LogP contribution in [-0.2, 0) is 15.9 Å². The molecule has 7 heteroatoms. The zero-order chi connectivity index (χ0) is 15.0. The first kappa shape index (κ1) is 15.6. The fraction of sp³-hybridized carbons (Fsp3) is 0.571. The summed E-state index contributed by atoms with van der Waals surface area (Å²) >= 11 is 11.9. The topological polar surface area (TPSA) is 40.6 Å². The Morgan fingerprint density at radius 2 is 2.05 bits per heavy atom. The van der Waals surface area contributed by atoms with Gasteiger partial charge in [0.1, 0.15) is 4.90 Å². The Balaban J connectivity index is 1.90. The van der Waals surface area contributed by atoms with Crippen molar-refractivity contribution in [2.24, 2.45) is 0 Å². The van der Waals surface area contributed by atoms with E-state index in [9.17, 15) is 8.42 Å². The highest BCUT2D eigenvalue weighted by Crippen LogP contribution is 2.30. The van der Waals surface area contributed by atoms with Crippen molar-refractivity contribution in [3.63, 3.8) is 0 Å². The number of benzene rings is 1. The molecule has 1 atom stereocenters. The maximum atomic E-state index is 12.8. The lowest BCUT2D eigenvalue weighted by atomic mass is 10.2. The van der Waals surface area contributed by atoms with Gasteiger partial charge < -0.3 is 0 Å². The Hall–Kier alpha value is -0.330. The zero-order valence-corrected chi connectivity index (χ0v) is 14.0. The average molecular weight is 349 g/mol. The van der Waals surface area contributed by atoms with Crippen molar-refractivity contribution >= 4 is 33.2 Å². The molecule has 1 unspecified atom stereocenters. The van der Waals surface area contributed by atoms with Crippen LogP contribution in [0.5, 0.6) is 0 Å². The van der Waals surface area contributed by atoms with Gasteiger partial charge in [0.25, 0.3) is 0 Å². The highest BCUT2D eigenvalue weighted by molar-refractivity contribution is 7.89. The molecule has 0 aromatic heterocycles. The molecular formula is C14H18Cl2N2O2S. The smallest absolute Gasteiger partial charge is 0.244 e. The van der Waals surface area contributed by atoms with Crippen molar-refractivity contribution in [3.8, 4) is 0 Å². The molecule has 2 saturated heterocycles. The first-order valence-electron chi connectivity index (χ1n) is 7.11. The molecule has 3 rings (SSSR count). The molecule has 0 radical (unpaired) electrons. The van der Waals surface area contributed by atoms with Crippen LogP contribution in [0, 0.1) is 0 Å². The summed E-state index contributed by atoms with van der Waals surface area (Å²) < 4.78 is 27.3. The van der Waals surface area contributed by atoms with Crippen LogP contribution in [0.1, 0.15) is 18.4 Å². The number of halogens is 2. The monoisotopic (exact) mass is 348 g/mol. The predicted molar refractivity (Wildman–Crippen MR) is 84.4 cm³/mol. The van der Waals surface area contributed by atoms with Gasteiger partial charge in [0.05, 0.1) is 5.02 Å². The molecule has 0 spiro atoms. The van der Waals surface area contributed by atoms with Gasteiger partial charge in [-0.15, -0.1) is 11.6 Å². The van der Waals surface area contributed by atoms with E-state index in [0.29, 0.717) is 19.1 Å². The fourth-order valence-electron chi connectivity index (χ4n) is 3.15. The molecule has 2 aliphatic heterocycles. The van der Waals surface area contributed by atoms with E-state index in [1.807, 2.05) is 0 Å².